The van der Waals surface area contributed by atoms with Crippen molar-refractivity contribution >= 4 is 17.6 Å². The van der Waals surface area contributed by atoms with Gasteiger partial charge in [0.15, 0.2) is 11.1 Å². The van der Waals surface area contributed by atoms with E-state index in [2.05, 4.69) is 5.16 Å². The molecule has 2 aromatic rings. The molecule has 0 spiro atoms. The smallest absolute Gasteiger partial charge is 0.334 e. The molecule has 1 aromatic heterocycles. The lowest BCUT2D eigenvalue weighted by Gasteiger charge is -2.13. The third-order valence-corrected chi connectivity index (χ3v) is 5.01. The maximum atomic E-state index is 12.7. The van der Waals surface area contributed by atoms with Crippen molar-refractivity contribution in [2.24, 2.45) is 5.41 Å². The molecule has 2 atom stereocenters. The lowest BCUT2D eigenvalue weighted by atomic mass is 9.98. The normalized spacial score (nSPS) is 20.0. The minimum absolute atomic E-state index is 0.0631. The molecule has 9 nitrogen and oxygen atoms in total. The molecule has 3 rings (SSSR count). The van der Waals surface area contributed by atoms with Crippen LogP contribution in [0.5, 0.6) is 0 Å². The number of methoxy groups -OCH3 is 2. The highest BCUT2D eigenvalue weighted by atomic mass is 16.6. The fourth-order valence-corrected chi connectivity index (χ4v) is 3.71. The highest BCUT2D eigenvalue weighted by molar-refractivity contribution is 6.07. The van der Waals surface area contributed by atoms with Crippen LogP contribution in [0, 0.1) is 29.4 Å². The number of nitrogens with zero attached hydrogens (tertiary/aromatic N) is 2. The minimum Gasteiger partial charge on any atom is -0.468 e. The number of carbonyl (C=O) groups is 2. The van der Waals surface area contributed by atoms with Crippen LogP contribution in [-0.4, -0.2) is 36.2 Å². The van der Waals surface area contributed by atoms with E-state index in [1.165, 1.54) is 6.92 Å². The quantitative estimate of drug-likeness (QED) is 0.338. The molecule has 0 N–H and O–H groups in total. The summed E-state index contributed by atoms with van der Waals surface area (Å²) < 4.78 is 14.9. The summed E-state index contributed by atoms with van der Waals surface area (Å²) in [6.45, 7) is 3.32. The summed E-state index contributed by atoms with van der Waals surface area (Å²) in [7, 11) is 2.29. The third-order valence-electron chi connectivity index (χ3n) is 5.01. The number of hydrogen-bond acceptors (Lipinski definition) is 8. The van der Waals surface area contributed by atoms with E-state index in [1.54, 1.807) is 12.1 Å². The number of carbonyl (C=O) groups excluding carboxylic acids is 2. The average molecular weight is 374 g/mol. The molecule has 0 saturated heterocycles. The highest BCUT2D eigenvalue weighted by Crippen LogP contribution is 2.72. The Balaban J connectivity index is 2.22. The summed E-state index contributed by atoms with van der Waals surface area (Å²) in [6.07, 6.45) is 0. The fourth-order valence-electron chi connectivity index (χ4n) is 3.71. The van der Waals surface area contributed by atoms with Crippen molar-refractivity contribution in [3.05, 3.63) is 57.0 Å². The van der Waals surface area contributed by atoms with Gasteiger partial charge in [-0.15, -0.1) is 0 Å². The van der Waals surface area contributed by atoms with Crippen molar-refractivity contribution in [3.8, 4) is 0 Å². The molecule has 27 heavy (non-hydrogen) atoms. The Hall–Kier alpha value is -3.23. The van der Waals surface area contributed by atoms with Gasteiger partial charge in [-0.1, -0.05) is 35.0 Å². The fraction of sp³-hybridized carbons (Fsp3) is 0.389. The van der Waals surface area contributed by atoms with Gasteiger partial charge in [-0.25, -0.2) is 0 Å². The number of benzene rings is 1. The first-order valence-corrected chi connectivity index (χ1v) is 8.14. The lowest BCUT2D eigenvalue weighted by molar-refractivity contribution is -0.386. The Labute approximate surface area is 154 Å². The van der Waals surface area contributed by atoms with Crippen molar-refractivity contribution in [2.45, 2.75) is 25.7 Å². The zero-order valence-corrected chi connectivity index (χ0v) is 15.2. The van der Waals surface area contributed by atoms with Crippen molar-refractivity contribution in [1.82, 2.24) is 5.16 Å². The average Bonchev–Trinajstić information content (AvgIpc) is 3.20. The first kappa shape index (κ1) is 18.6. The molecule has 0 bridgehead atoms. The molecule has 1 aliphatic rings. The van der Waals surface area contributed by atoms with Gasteiger partial charge < -0.3 is 14.0 Å². The molecule has 9 heteroatoms. The van der Waals surface area contributed by atoms with E-state index in [0.29, 0.717) is 5.56 Å². The Kier molecular flexibility index (Phi) is 4.46. The van der Waals surface area contributed by atoms with E-state index in [-0.39, 0.29) is 17.1 Å². The van der Waals surface area contributed by atoms with Crippen molar-refractivity contribution in [1.29, 1.82) is 0 Å². The van der Waals surface area contributed by atoms with Gasteiger partial charge in [-0.05, 0) is 19.4 Å². The van der Waals surface area contributed by atoms with Gasteiger partial charge in [0, 0.05) is 5.92 Å². The predicted molar refractivity (Wildman–Crippen MR) is 91.0 cm³/mol. The van der Waals surface area contributed by atoms with E-state index in [0.717, 1.165) is 19.8 Å². The third kappa shape index (κ3) is 2.57. The summed E-state index contributed by atoms with van der Waals surface area (Å²) in [5, 5.41) is 15.1. The summed E-state index contributed by atoms with van der Waals surface area (Å²) >= 11 is 0. The van der Waals surface area contributed by atoms with Crippen LogP contribution in [0.3, 0.4) is 0 Å². The molecule has 0 amide bonds. The van der Waals surface area contributed by atoms with Gasteiger partial charge in [0.05, 0.1) is 25.1 Å². The number of hydrogen-bond donors (Lipinski definition) is 0. The maximum absolute atomic E-state index is 12.7. The van der Waals surface area contributed by atoms with Crippen LogP contribution in [0.1, 0.15) is 34.4 Å². The van der Waals surface area contributed by atoms with E-state index in [1.807, 2.05) is 19.1 Å². The van der Waals surface area contributed by atoms with Crippen LogP contribution >= 0.6 is 0 Å². The van der Waals surface area contributed by atoms with Crippen molar-refractivity contribution in [2.75, 3.05) is 14.2 Å². The van der Waals surface area contributed by atoms with Crippen LogP contribution in [0.4, 0.5) is 5.69 Å². The first-order valence-electron chi connectivity index (χ1n) is 8.14. The summed E-state index contributed by atoms with van der Waals surface area (Å²) in [5.41, 5.74) is -0.431. The second-order valence-corrected chi connectivity index (χ2v) is 6.46. The summed E-state index contributed by atoms with van der Waals surface area (Å²) in [5.74, 6) is -3.51. The Morgan fingerprint density at radius 1 is 1.11 bits per heavy atom. The highest BCUT2D eigenvalue weighted by Gasteiger charge is 2.80. The van der Waals surface area contributed by atoms with E-state index in [9.17, 15) is 19.7 Å². The Morgan fingerprint density at radius 3 is 2.15 bits per heavy atom. The first-order chi connectivity index (χ1) is 12.8. The molecule has 0 aliphatic heterocycles. The number of nitro groups is 1. The van der Waals surface area contributed by atoms with E-state index >= 15 is 0 Å². The van der Waals surface area contributed by atoms with Crippen LogP contribution in [0.2, 0.25) is 0 Å². The van der Waals surface area contributed by atoms with Gasteiger partial charge >= 0.3 is 17.6 Å². The zero-order valence-electron chi connectivity index (χ0n) is 15.2. The minimum atomic E-state index is -1.77. The van der Waals surface area contributed by atoms with Crippen LogP contribution < -0.4 is 0 Å². The molecule has 1 heterocycles. The standard InChI is InChI=1S/C18H18N2O7/c1-9-5-7-11(8-6-9)12-13(15-14(20(23)24)10(2)19-27-15)18(12,16(21)25-3)17(22)26-4/h5-8,12-13H,1-4H3/t12-,13+/m1/s1. The SMILES string of the molecule is COC(=O)C1(C(=O)OC)[C@H](c2ccc(C)cc2)[C@H]1c1onc(C)c1[N+](=O)[O-]. The lowest BCUT2D eigenvalue weighted by Crippen LogP contribution is -2.31. The van der Waals surface area contributed by atoms with Crippen molar-refractivity contribution in [3.63, 3.8) is 0 Å². The van der Waals surface area contributed by atoms with E-state index in [4.69, 9.17) is 14.0 Å². The number of aromatic nitrogens is 1. The summed E-state index contributed by atoms with van der Waals surface area (Å²) in [6, 6.07) is 7.17. The second kappa shape index (κ2) is 6.49. The topological polar surface area (TPSA) is 122 Å². The molecule has 142 valence electrons. The number of aryl methyl sites for hydroxylation is 2. The molecule has 0 unspecified atom stereocenters. The molecule has 1 aliphatic carbocycles. The van der Waals surface area contributed by atoms with Crippen LogP contribution in [0.15, 0.2) is 28.8 Å². The largest absolute Gasteiger partial charge is 0.468 e. The molecular formula is C18H18N2O7. The van der Waals surface area contributed by atoms with Crippen LogP contribution in [-0.2, 0) is 19.1 Å². The van der Waals surface area contributed by atoms with Gasteiger partial charge in [-0.3, -0.25) is 19.7 Å². The molecule has 1 aromatic carbocycles. The van der Waals surface area contributed by atoms with Gasteiger partial charge in [0.1, 0.15) is 0 Å². The molecule has 1 fully saturated rings. The van der Waals surface area contributed by atoms with Crippen LogP contribution in [0.25, 0.3) is 0 Å². The van der Waals surface area contributed by atoms with Gasteiger partial charge in [0.25, 0.3) is 0 Å². The maximum Gasteiger partial charge on any atom is 0.334 e. The van der Waals surface area contributed by atoms with E-state index < -0.39 is 34.1 Å². The molecule has 0 radical (unpaired) electrons. The molecule has 1 saturated carbocycles. The second-order valence-electron chi connectivity index (χ2n) is 6.46. The Morgan fingerprint density at radius 2 is 1.67 bits per heavy atom. The monoisotopic (exact) mass is 374 g/mol. The number of rotatable bonds is 5. The summed E-state index contributed by atoms with van der Waals surface area (Å²) in [4.78, 5) is 36.2. The predicted octanol–water partition coefficient (Wildman–Crippen LogP) is 2.41. The number of esters is 2. The number of ether oxygens (including phenoxy) is 2. The van der Waals surface area contributed by atoms with Crippen molar-refractivity contribution < 1.29 is 28.5 Å². The Bertz CT molecular complexity index is 900. The zero-order chi connectivity index (χ0) is 19.9. The van der Waals surface area contributed by atoms with Gasteiger partial charge in [0.2, 0.25) is 5.76 Å². The molecular weight excluding hydrogens is 356 g/mol. The van der Waals surface area contributed by atoms with Gasteiger partial charge in [-0.2, -0.15) is 0 Å².